The quantitative estimate of drug-likeness (QED) is 0.471. The van der Waals surface area contributed by atoms with Gasteiger partial charge in [0.05, 0.1) is 17.0 Å². The van der Waals surface area contributed by atoms with Crippen molar-refractivity contribution in [3.63, 3.8) is 0 Å². The molecule has 0 aromatic heterocycles. The zero-order valence-electron chi connectivity index (χ0n) is 16.8. The molecule has 0 aliphatic heterocycles. The number of hydrogen-bond donors (Lipinski definition) is 2. The Morgan fingerprint density at radius 3 is 2.27 bits per heavy atom. The lowest BCUT2D eigenvalue weighted by Crippen LogP contribution is -2.15. The lowest BCUT2D eigenvalue weighted by atomic mass is 10.1. The van der Waals surface area contributed by atoms with Crippen LogP contribution in [-0.2, 0) is 11.2 Å². The van der Waals surface area contributed by atoms with Crippen LogP contribution < -0.4 is 15.4 Å². The number of nitrogens with one attached hydrogen (secondary N) is 2. The summed E-state index contributed by atoms with van der Waals surface area (Å²) in [6, 6.07) is 21.8. The molecule has 0 aliphatic carbocycles. The van der Waals surface area contributed by atoms with Gasteiger partial charge in [-0.05, 0) is 71.7 Å². The van der Waals surface area contributed by atoms with Crippen LogP contribution in [0.25, 0.3) is 0 Å². The molecule has 0 spiro atoms. The molecule has 3 aromatic carbocycles. The van der Waals surface area contributed by atoms with Crippen LogP contribution in [0.2, 0.25) is 0 Å². The molecule has 0 radical (unpaired) electrons. The fourth-order valence-corrected chi connectivity index (χ4v) is 3.33. The summed E-state index contributed by atoms with van der Waals surface area (Å²) in [6.07, 6.45) is 0.330. The highest BCUT2D eigenvalue weighted by Crippen LogP contribution is 2.27. The maximum Gasteiger partial charge on any atom is 0.255 e. The minimum Gasteiger partial charge on any atom is -0.490 e. The van der Waals surface area contributed by atoms with Crippen molar-refractivity contribution in [2.24, 2.45) is 0 Å². The minimum absolute atomic E-state index is 0.0424. The zero-order chi connectivity index (χ0) is 21.5. The molecule has 0 fully saturated rings. The van der Waals surface area contributed by atoms with E-state index >= 15 is 0 Å². The first-order valence-corrected chi connectivity index (χ1v) is 10.4. The average Bonchev–Trinajstić information content (AvgIpc) is 2.70. The topological polar surface area (TPSA) is 67.4 Å². The van der Waals surface area contributed by atoms with Crippen LogP contribution in [0.1, 0.15) is 29.8 Å². The highest BCUT2D eigenvalue weighted by atomic mass is 79.9. The van der Waals surface area contributed by atoms with Crippen molar-refractivity contribution >= 4 is 39.1 Å². The summed E-state index contributed by atoms with van der Waals surface area (Å²) in [4.78, 5) is 24.9. The first kappa shape index (κ1) is 21.6. The van der Waals surface area contributed by atoms with Gasteiger partial charge in [0.25, 0.3) is 5.91 Å². The average molecular weight is 467 g/mol. The van der Waals surface area contributed by atoms with Gasteiger partial charge in [-0.15, -0.1) is 0 Å². The summed E-state index contributed by atoms with van der Waals surface area (Å²) >= 11 is 3.44. The van der Waals surface area contributed by atoms with Crippen molar-refractivity contribution in [3.05, 3.63) is 88.4 Å². The van der Waals surface area contributed by atoms with Gasteiger partial charge in [0.15, 0.2) is 0 Å². The molecule has 0 saturated carbocycles. The monoisotopic (exact) mass is 466 g/mol. The molecule has 6 heteroatoms. The molecular formula is C24H23BrN2O3. The Morgan fingerprint density at radius 1 is 0.900 bits per heavy atom. The van der Waals surface area contributed by atoms with Crippen LogP contribution in [0, 0.1) is 0 Å². The minimum atomic E-state index is -0.250. The molecule has 0 bridgehead atoms. The van der Waals surface area contributed by atoms with E-state index < -0.39 is 0 Å². The number of ether oxygens (including phenoxy) is 1. The maximum atomic E-state index is 12.6. The van der Waals surface area contributed by atoms with Gasteiger partial charge in [0.1, 0.15) is 5.75 Å². The van der Waals surface area contributed by atoms with E-state index in [1.807, 2.05) is 44.2 Å². The third kappa shape index (κ3) is 6.19. The van der Waals surface area contributed by atoms with E-state index in [2.05, 4.69) is 26.6 Å². The van der Waals surface area contributed by atoms with E-state index in [1.165, 1.54) is 0 Å². The smallest absolute Gasteiger partial charge is 0.255 e. The fourth-order valence-electron chi connectivity index (χ4n) is 2.86. The molecule has 0 saturated heterocycles. The second-order valence-electron chi connectivity index (χ2n) is 7.06. The van der Waals surface area contributed by atoms with Crippen LogP contribution in [-0.4, -0.2) is 17.9 Å². The standard InChI is InChI=1S/C24H23BrN2O3/c1-16(2)30-22-12-11-18(14-21(22)25)24(29)27-20-10-6-9-19(15-20)26-23(28)13-17-7-4-3-5-8-17/h3-12,14-16H,13H2,1-2H3,(H,26,28)(H,27,29). The summed E-state index contributed by atoms with van der Waals surface area (Å²) in [7, 11) is 0. The fraction of sp³-hybridized carbons (Fsp3) is 0.167. The summed E-state index contributed by atoms with van der Waals surface area (Å²) in [6.45, 7) is 3.89. The predicted molar refractivity (Wildman–Crippen MR) is 123 cm³/mol. The van der Waals surface area contributed by atoms with Gasteiger partial charge >= 0.3 is 0 Å². The van der Waals surface area contributed by atoms with E-state index in [0.29, 0.717) is 27.2 Å². The van der Waals surface area contributed by atoms with Gasteiger partial charge in [-0.3, -0.25) is 9.59 Å². The number of anilines is 2. The second kappa shape index (κ2) is 10.1. The molecule has 0 heterocycles. The van der Waals surface area contributed by atoms with Gasteiger partial charge in [-0.2, -0.15) is 0 Å². The lowest BCUT2D eigenvalue weighted by molar-refractivity contribution is -0.115. The molecule has 3 aromatic rings. The van der Waals surface area contributed by atoms with Gasteiger partial charge in [0.2, 0.25) is 5.91 Å². The molecule has 154 valence electrons. The Labute approximate surface area is 184 Å². The van der Waals surface area contributed by atoms with Crippen molar-refractivity contribution in [1.29, 1.82) is 0 Å². The summed E-state index contributed by atoms with van der Waals surface area (Å²) < 4.78 is 6.39. The van der Waals surface area contributed by atoms with Crippen LogP contribution in [0.15, 0.2) is 77.3 Å². The third-order valence-electron chi connectivity index (χ3n) is 4.17. The van der Waals surface area contributed by atoms with Crippen LogP contribution in [0.4, 0.5) is 11.4 Å². The number of rotatable bonds is 7. The van der Waals surface area contributed by atoms with Crippen molar-refractivity contribution in [2.45, 2.75) is 26.4 Å². The van der Waals surface area contributed by atoms with Gasteiger partial charge < -0.3 is 15.4 Å². The Kier molecular flexibility index (Phi) is 7.25. The molecule has 0 unspecified atom stereocenters. The molecule has 30 heavy (non-hydrogen) atoms. The molecule has 3 rings (SSSR count). The zero-order valence-corrected chi connectivity index (χ0v) is 18.4. The van der Waals surface area contributed by atoms with Crippen molar-refractivity contribution in [1.82, 2.24) is 0 Å². The number of carbonyl (C=O) groups excluding carboxylic acids is 2. The third-order valence-corrected chi connectivity index (χ3v) is 4.79. The van der Waals surface area contributed by atoms with Crippen molar-refractivity contribution < 1.29 is 14.3 Å². The van der Waals surface area contributed by atoms with Crippen LogP contribution in [0.5, 0.6) is 5.75 Å². The highest BCUT2D eigenvalue weighted by molar-refractivity contribution is 9.10. The predicted octanol–water partition coefficient (Wildman–Crippen LogP) is 5.67. The first-order chi connectivity index (χ1) is 14.4. The number of carbonyl (C=O) groups is 2. The number of amides is 2. The number of halogens is 1. The van der Waals surface area contributed by atoms with Crippen LogP contribution in [0.3, 0.4) is 0 Å². The van der Waals surface area contributed by atoms with Gasteiger partial charge in [-0.1, -0.05) is 36.4 Å². The largest absolute Gasteiger partial charge is 0.490 e. The number of benzene rings is 3. The Bertz CT molecular complexity index is 1040. The summed E-state index contributed by atoms with van der Waals surface area (Å²) in [5.41, 5.74) is 2.65. The summed E-state index contributed by atoms with van der Waals surface area (Å²) in [5, 5.41) is 5.72. The van der Waals surface area contributed by atoms with E-state index in [9.17, 15) is 9.59 Å². The first-order valence-electron chi connectivity index (χ1n) is 9.62. The van der Waals surface area contributed by atoms with Gasteiger partial charge in [0, 0.05) is 16.9 Å². The Balaban J connectivity index is 1.64. The molecule has 0 aliphatic rings. The normalized spacial score (nSPS) is 10.5. The van der Waals surface area contributed by atoms with Gasteiger partial charge in [-0.25, -0.2) is 0 Å². The van der Waals surface area contributed by atoms with Crippen LogP contribution >= 0.6 is 15.9 Å². The number of hydrogen-bond acceptors (Lipinski definition) is 3. The summed E-state index contributed by atoms with van der Waals surface area (Å²) in [5.74, 6) is 0.318. The van der Waals surface area contributed by atoms with E-state index in [4.69, 9.17) is 4.74 Å². The lowest BCUT2D eigenvalue weighted by Gasteiger charge is -2.13. The van der Waals surface area contributed by atoms with E-state index in [1.54, 1.807) is 42.5 Å². The molecular weight excluding hydrogens is 444 g/mol. The van der Waals surface area contributed by atoms with Crippen molar-refractivity contribution in [2.75, 3.05) is 10.6 Å². The second-order valence-corrected chi connectivity index (χ2v) is 7.91. The molecule has 2 amide bonds. The van der Waals surface area contributed by atoms with E-state index in [-0.39, 0.29) is 24.3 Å². The Morgan fingerprint density at radius 2 is 1.60 bits per heavy atom. The van der Waals surface area contributed by atoms with Crippen molar-refractivity contribution in [3.8, 4) is 5.75 Å². The van der Waals surface area contributed by atoms with E-state index in [0.717, 1.165) is 5.56 Å². The molecule has 2 N–H and O–H groups in total. The molecule has 0 atom stereocenters. The highest BCUT2D eigenvalue weighted by Gasteiger charge is 2.11. The maximum absolute atomic E-state index is 12.6. The molecule has 5 nitrogen and oxygen atoms in total. The Hall–Kier alpha value is -3.12. The SMILES string of the molecule is CC(C)Oc1ccc(C(=O)Nc2cccc(NC(=O)Cc3ccccc3)c2)cc1Br.